The fourth-order valence-electron chi connectivity index (χ4n) is 1.97. The van der Waals surface area contributed by atoms with Crippen LogP contribution < -0.4 is 0 Å². The normalized spacial score (nSPS) is 20.1. The summed E-state index contributed by atoms with van der Waals surface area (Å²) in [5.74, 6) is 0.151. The van der Waals surface area contributed by atoms with Crippen LogP contribution in [0.2, 0.25) is 0 Å². The van der Waals surface area contributed by atoms with Crippen molar-refractivity contribution in [2.75, 3.05) is 0 Å². The van der Waals surface area contributed by atoms with Crippen LogP contribution in [0.3, 0.4) is 0 Å². The van der Waals surface area contributed by atoms with Crippen molar-refractivity contribution >= 4 is 5.97 Å². The molecule has 0 saturated heterocycles. The third kappa shape index (κ3) is 5.05. The van der Waals surface area contributed by atoms with Crippen LogP contribution in [0.4, 0.5) is 0 Å². The van der Waals surface area contributed by atoms with Crippen LogP contribution in [-0.2, 0) is 4.79 Å². The van der Waals surface area contributed by atoms with Crippen molar-refractivity contribution in [2.45, 2.75) is 51.4 Å². The van der Waals surface area contributed by atoms with Crippen molar-refractivity contribution in [1.82, 2.24) is 0 Å². The van der Waals surface area contributed by atoms with E-state index in [0.29, 0.717) is 6.42 Å². The summed E-state index contributed by atoms with van der Waals surface area (Å²) in [7, 11) is 0. The molecule has 0 bridgehead atoms. The Morgan fingerprint density at radius 2 is 2.07 bits per heavy atom. The first kappa shape index (κ1) is 11.3. The van der Waals surface area contributed by atoms with E-state index in [9.17, 15) is 4.79 Å². The highest BCUT2D eigenvalue weighted by Gasteiger charge is 2.07. The average molecular weight is 196 g/mol. The van der Waals surface area contributed by atoms with Gasteiger partial charge in [-0.1, -0.05) is 31.4 Å². The molecule has 0 saturated carbocycles. The molecule has 1 aliphatic carbocycles. The maximum absolute atomic E-state index is 10.2. The first-order valence-electron chi connectivity index (χ1n) is 5.67. The molecule has 0 aliphatic heterocycles. The molecule has 2 nitrogen and oxygen atoms in total. The lowest BCUT2D eigenvalue weighted by Crippen LogP contribution is -1.94. The second-order valence-corrected chi connectivity index (χ2v) is 4.11. The minimum atomic E-state index is -0.663. The molecule has 1 N–H and O–H groups in total. The molecule has 0 unspecified atom stereocenters. The molecule has 0 heterocycles. The first-order chi connectivity index (χ1) is 6.79. The Morgan fingerprint density at radius 3 is 2.71 bits per heavy atom. The lowest BCUT2D eigenvalue weighted by molar-refractivity contribution is -0.137. The molecule has 0 spiro atoms. The van der Waals surface area contributed by atoms with E-state index >= 15 is 0 Å². The maximum Gasteiger partial charge on any atom is 0.303 e. The number of hydrogen-bond acceptors (Lipinski definition) is 1. The second-order valence-electron chi connectivity index (χ2n) is 4.11. The van der Waals surface area contributed by atoms with E-state index in [4.69, 9.17) is 5.11 Å². The summed E-state index contributed by atoms with van der Waals surface area (Å²) in [5, 5.41) is 8.43. The third-order valence-corrected chi connectivity index (χ3v) is 2.83. The van der Waals surface area contributed by atoms with E-state index in [2.05, 4.69) is 12.2 Å². The van der Waals surface area contributed by atoms with Crippen LogP contribution in [0.1, 0.15) is 51.4 Å². The van der Waals surface area contributed by atoms with Gasteiger partial charge >= 0.3 is 5.97 Å². The van der Waals surface area contributed by atoms with Gasteiger partial charge in [0.25, 0.3) is 0 Å². The van der Waals surface area contributed by atoms with Crippen LogP contribution in [-0.4, -0.2) is 11.1 Å². The Morgan fingerprint density at radius 1 is 1.29 bits per heavy atom. The molecule has 0 aromatic heterocycles. The van der Waals surface area contributed by atoms with Crippen molar-refractivity contribution in [1.29, 1.82) is 0 Å². The molecule has 1 atom stereocenters. The predicted octanol–water partition coefficient (Wildman–Crippen LogP) is 3.38. The van der Waals surface area contributed by atoms with Crippen molar-refractivity contribution in [3.8, 4) is 0 Å². The number of hydrogen-bond donors (Lipinski definition) is 1. The summed E-state index contributed by atoms with van der Waals surface area (Å²) in [4.78, 5) is 10.2. The average Bonchev–Trinajstić information content (AvgIpc) is 2.63. The number of allylic oxidation sites excluding steroid dienone is 2. The van der Waals surface area contributed by atoms with Gasteiger partial charge in [-0.15, -0.1) is 0 Å². The summed E-state index contributed by atoms with van der Waals surface area (Å²) in [6, 6.07) is 0. The molecule has 0 aromatic rings. The molecule has 1 rings (SSSR count). The van der Waals surface area contributed by atoms with Crippen LogP contribution in [0.5, 0.6) is 0 Å². The van der Waals surface area contributed by atoms with Gasteiger partial charge in [0.05, 0.1) is 0 Å². The van der Waals surface area contributed by atoms with E-state index in [0.717, 1.165) is 18.8 Å². The molecule has 0 fully saturated rings. The summed E-state index contributed by atoms with van der Waals surface area (Å²) in [6.45, 7) is 0. The van der Waals surface area contributed by atoms with Gasteiger partial charge in [-0.25, -0.2) is 0 Å². The van der Waals surface area contributed by atoms with Gasteiger partial charge in [0.15, 0.2) is 0 Å². The highest BCUT2D eigenvalue weighted by molar-refractivity contribution is 5.66. The summed E-state index contributed by atoms with van der Waals surface area (Å²) < 4.78 is 0. The van der Waals surface area contributed by atoms with Crippen LogP contribution in [0, 0.1) is 5.92 Å². The van der Waals surface area contributed by atoms with Gasteiger partial charge < -0.3 is 5.11 Å². The number of carboxylic acid groups (broad SMARTS) is 1. The van der Waals surface area contributed by atoms with Crippen LogP contribution >= 0.6 is 0 Å². The Kier molecular flexibility index (Phi) is 5.35. The van der Waals surface area contributed by atoms with Gasteiger partial charge in [-0.2, -0.15) is 0 Å². The summed E-state index contributed by atoms with van der Waals surface area (Å²) in [5.41, 5.74) is 0. The molecule has 0 aromatic carbocycles. The minimum Gasteiger partial charge on any atom is -0.481 e. The molecule has 0 amide bonds. The standard InChI is InChI=1S/C12H20O2/c13-12(14)10-4-2-1-3-7-11-8-5-6-9-11/h5,8,11H,1-4,6-7,9-10H2,(H,13,14)/t11-/m1/s1. The van der Waals surface area contributed by atoms with E-state index in [1.165, 1.54) is 32.1 Å². The molecule has 14 heavy (non-hydrogen) atoms. The molecule has 0 radical (unpaired) electrons. The zero-order chi connectivity index (χ0) is 10.2. The Balaban J connectivity index is 1.84. The summed E-state index contributed by atoms with van der Waals surface area (Å²) >= 11 is 0. The van der Waals surface area contributed by atoms with Crippen LogP contribution in [0.15, 0.2) is 12.2 Å². The fourth-order valence-corrected chi connectivity index (χ4v) is 1.97. The third-order valence-electron chi connectivity index (χ3n) is 2.83. The molecular weight excluding hydrogens is 176 g/mol. The Hall–Kier alpha value is -0.790. The van der Waals surface area contributed by atoms with Gasteiger partial charge in [-0.05, 0) is 31.6 Å². The van der Waals surface area contributed by atoms with Gasteiger partial charge in [0.2, 0.25) is 0 Å². The topological polar surface area (TPSA) is 37.3 Å². The predicted molar refractivity (Wildman–Crippen MR) is 57.2 cm³/mol. The highest BCUT2D eigenvalue weighted by atomic mass is 16.4. The SMILES string of the molecule is O=C(O)CCCCCC[C@@H]1C=CCC1. The maximum atomic E-state index is 10.2. The van der Waals surface area contributed by atoms with E-state index < -0.39 is 5.97 Å². The van der Waals surface area contributed by atoms with Gasteiger partial charge in [0, 0.05) is 6.42 Å². The lowest BCUT2D eigenvalue weighted by atomic mass is 10.0. The van der Waals surface area contributed by atoms with Crippen molar-refractivity contribution in [3.63, 3.8) is 0 Å². The number of rotatable bonds is 7. The molecule has 80 valence electrons. The van der Waals surface area contributed by atoms with Crippen molar-refractivity contribution in [3.05, 3.63) is 12.2 Å². The van der Waals surface area contributed by atoms with E-state index in [-0.39, 0.29) is 0 Å². The van der Waals surface area contributed by atoms with E-state index in [1.807, 2.05) is 0 Å². The van der Waals surface area contributed by atoms with Crippen molar-refractivity contribution in [2.24, 2.45) is 5.92 Å². The Bertz CT molecular complexity index is 196. The monoisotopic (exact) mass is 196 g/mol. The van der Waals surface area contributed by atoms with E-state index in [1.54, 1.807) is 0 Å². The molecule has 1 aliphatic rings. The summed E-state index contributed by atoms with van der Waals surface area (Å²) in [6.07, 6.45) is 13.2. The number of unbranched alkanes of at least 4 members (excludes halogenated alkanes) is 3. The zero-order valence-electron chi connectivity index (χ0n) is 8.74. The highest BCUT2D eigenvalue weighted by Crippen LogP contribution is 2.22. The first-order valence-corrected chi connectivity index (χ1v) is 5.67. The minimum absolute atomic E-state index is 0.337. The molecular formula is C12H20O2. The number of carbonyl (C=O) groups is 1. The smallest absolute Gasteiger partial charge is 0.303 e. The second kappa shape index (κ2) is 6.63. The zero-order valence-corrected chi connectivity index (χ0v) is 8.74. The van der Waals surface area contributed by atoms with Gasteiger partial charge in [0.1, 0.15) is 0 Å². The van der Waals surface area contributed by atoms with Gasteiger partial charge in [-0.3, -0.25) is 4.79 Å². The lowest BCUT2D eigenvalue weighted by Gasteiger charge is -2.06. The van der Waals surface area contributed by atoms with Crippen molar-refractivity contribution < 1.29 is 9.90 Å². The number of carboxylic acids is 1. The largest absolute Gasteiger partial charge is 0.481 e. The Labute approximate surface area is 86.0 Å². The fraction of sp³-hybridized carbons (Fsp3) is 0.750. The van der Waals surface area contributed by atoms with Crippen LogP contribution in [0.25, 0.3) is 0 Å². The quantitative estimate of drug-likeness (QED) is 0.500. The number of aliphatic carboxylic acids is 1. The molecule has 2 heteroatoms.